The molecular formula is C19H19N3O2S. The van der Waals surface area contributed by atoms with Crippen LogP contribution in [-0.4, -0.2) is 15.7 Å². The number of rotatable bonds is 5. The molecule has 3 rings (SSSR count). The number of thiophene rings is 1. The van der Waals surface area contributed by atoms with Gasteiger partial charge in [-0.3, -0.25) is 9.59 Å². The van der Waals surface area contributed by atoms with E-state index in [2.05, 4.69) is 10.4 Å². The van der Waals surface area contributed by atoms with Crippen molar-refractivity contribution in [2.24, 2.45) is 0 Å². The normalized spacial score (nSPS) is 11.9. The Labute approximate surface area is 150 Å². The van der Waals surface area contributed by atoms with Crippen molar-refractivity contribution in [3.05, 3.63) is 69.8 Å². The van der Waals surface area contributed by atoms with Crippen LogP contribution < -0.4 is 10.9 Å². The number of carbonyl (C=O) groups is 1. The van der Waals surface area contributed by atoms with Gasteiger partial charge in [0.15, 0.2) is 0 Å². The smallest absolute Gasteiger partial charge is 0.267 e. The molecule has 25 heavy (non-hydrogen) atoms. The van der Waals surface area contributed by atoms with Crippen LogP contribution >= 0.6 is 11.3 Å². The minimum Gasteiger partial charge on any atom is -0.324 e. The van der Waals surface area contributed by atoms with Gasteiger partial charge in [-0.2, -0.15) is 5.10 Å². The van der Waals surface area contributed by atoms with E-state index in [1.807, 2.05) is 48.7 Å². The van der Waals surface area contributed by atoms with Crippen molar-refractivity contribution in [3.63, 3.8) is 0 Å². The summed E-state index contributed by atoms with van der Waals surface area (Å²) in [4.78, 5) is 25.8. The number of hydrogen-bond donors (Lipinski definition) is 1. The van der Waals surface area contributed by atoms with Gasteiger partial charge in [0, 0.05) is 11.8 Å². The molecule has 128 valence electrons. The van der Waals surface area contributed by atoms with Gasteiger partial charge in [0.2, 0.25) is 5.91 Å². The number of carbonyl (C=O) groups excluding carboxylic acids is 1. The summed E-state index contributed by atoms with van der Waals surface area (Å²) < 4.78 is 1.24. The van der Waals surface area contributed by atoms with Crippen molar-refractivity contribution in [2.45, 2.75) is 26.3 Å². The second-order valence-electron chi connectivity index (χ2n) is 5.65. The molecular weight excluding hydrogens is 334 g/mol. The lowest BCUT2D eigenvalue weighted by molar-refractivity contribution is -0.119. The molecule has 2 heterocycles. The molecule has 0 radical (unpaired) electrons. The predicted octanol–water partition coefficient (Wildman–Crippen LogP) is 3.73. The van der Waals surface area contributed by atoms with Gasteiger partial charge < -0.3 is 5.32 Å². The highest BCUT2D eigenvalue weighted by molar-refractivity contribution is 7.13. The minimum atomic E-state index is -0.711. The Morgan fingerprint density at radius 2 is 2.00 bits per heavy atom. The molecule has 1 N–H and O–H groups in total. The number of amides is 1. The number of para-hydroxylation sites is 1. The molecule has 5 nitrogen and oxygen atoms in total. The number of nitrogens with one attached hydrogen (secondary N) is 1. The second kappa shape index (κ2) is 7.44. The van der Waals surface area contributed by atoms with Crippen LogP contribution in [0.1, 0.15) is 25.5 Å². The third-order valence-corrected chi connectivity index (χ3v) is 4.89. The highest BCUT2D eigenvalue weighted by Gasteiger charge is 2.19. The first-order valence-corrected chi connectivity index (χ1v) is 9.00. The van der Waals surface area contributed by atoms with Gasteiger partial charge in [-0.05, 0) is 42.5 Å². The molecule has 1 atom stereocenters. The van der Waals surface area contributed by atoms with Gasteiger partial charge in [-0.1, -0.05) is 31.2 Å². The van der Waals surface area contributed by atoms with Gasteiger partial charge in [-0.15, -0.1) is 11.3 Å². The maximum Gasteiger partial charge on any atom is 0.267 e. The zero-order valence-electron chi connectivity index (χ0n) is 14.1. The molecule has 0 aliphatic heterocycles. The standard InChI is InChI=1S/C19H19N3O2S/c1-3-14-7-4-5-8-15(14)20-19(24)13(2)22-18(23)11-10-16(21-22)17-9-6-12-25-17/h4-13H,3H2,1-2H3,(H,20,24). The van der Waals surface area contributed by atoms with Crippen molar-refractivity contribution in [1.82, 2.24) is 9.78 Å². The largest absolute Gasteiger partial charge is 0.324 e. The van der Waals surface area contributed by atoms with Gasteiger partial charge in [0.05, 0.1) is 4.88 Å². The summed E-state index contributed by atoms with van der Waals surface area (Å²) in [6.45, 7) is 3.71. The van der Waals surface area contributed by atoms with Crippen molar-refractivity contribution in [3.8, 4) is 10.6 Å². The van der Waals surface area contributed by atoms with Crippen LogP contribution in [-0.2, 0) is 11.2 Å². The average Bonchev–Trinajstić information content (AvgIpc) is 3.16. The maximum absolute atomic E-state index is 12.6. The fourth-order valence-electron chi connectivity index (χ4n) is 2.56. The molecule has 6 heteroatoms. The van der Waals surface area contributed by atoms with Crippen LogP contribution in [0.25, 0.3) is 10.6 Å². The lowest BCUT2D eigenvalue weighted by Crippen LogP contribution is -2.33. The van der Waals surface area contributed by atoms with E-state index < -0.39 is 6.04 Å². The van der Waals surface area contributed by atoms with E-state index in [1.165, 1.54) is 22.1 Å². The first-order valence-electron chi connectivity index (χ1n) is 8.12. The molecule has 0 saturated heterocycles. The van der Waals surface area contributed by atoms with Crippen molar-refractivity contribution < 1.29 is 4.79 Å². The van der Waals surface area contributed by atoms with Crippen LogP contribution in [0.15, 0.2) is 58.7 Å². The van der Waals surface area contributed by atoms with Gasteiger partial charge >= 0.3 is 0 Å². The van der Waals surface area contributed by atoms with Crippen LogP contribution in [0.5, 0.6) is 0 Å². The van der Waals surface area contributed by atoms with E-state index in [-0.39, 0.29) is 11.5 Å². The Kier molecular flexibility index (Phi) is 5.09. The summed E-state index contributed by atoms with van der Waals surface area (Å²) in [6.07, 6.45) is 0.816. The zero-order valence-corrected chi connectivity index (χ0v) is 14.9. The van der Waals surface area contributed by atoms with E-state index in [9.17, 15) is 9.59 Å². The fourth-order valence-corrected chi connectivity index (χ4v) is 3.25. The molecule has 1 amide bonds. The highest BCUT2D eigenvalue weighted by atomic mass is 32.1. The molecule has 2 aromatic heterocycles. The Morgan fingerprint density at radius 3 is 2.72 bits per heavy atom. The molecule has 3 aromatic rings. The number of nitrogens with zero attached hydrogens (tertiary/aromatic N) is 2. The zero-order chi connectivity index (χ0) is 17.8. The number of aromatic nitrogens is 2. The van der Waals surface area contributed by atoms with Gasteiger partial charge in [0.25, 0.3) is 5.56 Å². The summed E-state index contributed by atoms with van der Waals surface area (Å²) in [5.41, 5.74) is 2.20. The maximum atomic E-state index is 12.6. The van der Waals surface area contributed by atoms with Gasteiger partial charge in [-0.25, -0.2) is 4.68 Å². The number of hydrogen-bond acceptors (Lipinski definition) is 4. The molecule has 0 spiro atoms. The fraction of sp³-hybridized carbons (Fsp3) is 0.211. The highest BCUT2D eigenvalue weighted by Crippen LogP contribution is 2.22. The Hall–Kier alpha value is -2.73. The average molecular weight is 353 g/mol. The first-order chi connectivity index (χ1) is 12.1. The van der Waals surface area contributed by atoms with Crippen LogP contribution in [0, 0.1) is 0 Å². The Bertz CT molecular complexity index is 932. The van der Waals surface area contributed by atoms with Crippen molar-refractivity contribution in [2.75, 3.05) is 5.32 Å². The summed E-state index contributed by atoms with van der Waals surface area (Å²) in [5.74, 6) is -0.265. The van der Waals surface area contributed by atoms with E-state index in [1.54, 1.807) is 13.0 Å². The van der Waals surface area contributed by atoms with E-state index in [0.717, 1.165) is 22.5 Å². The summed E-state index contributed by atoms with van der Waals surface area (Å²) in [6, 6.07) is 13.9. The third kappa shape index (κ3) is 3.69. The SMILES string of the molecule is CCc1ccccc1NC(=O)C(C)n1nc(-c2cccs2)ccc1=O. The van der Waals surface area contributed by atoms with E-state index in [0.29, 0.717) is 5.69 Å². The summed E-state index contributed by atoms with van der Waals surface area (Å²) in [5, 5.41) is 9.23. The molecule has 0 aliphatic carbocycles. The lowest BCUT2D eigenvalue weighted by atomic mass is 10.1. The molecule has 0 saturated carbocycles. The van der Waals surface area contributed by atoms with Crippen LogP contribution in [0.4, 0.5) is 5.69 Å². The monoisotopic (exact) mass is 353 g/mol. The number of benzene rings is 1. The van der Waals surface area contributed by atoms with Crippen LogP contribution in [0.3, 0.4) is 0 Å². The van der Waals surface area contributed by atoms with Gasteiger partial charge in [0.1, 0.15) is 11.7 Å². The topological polar surface area (TPSA) is 64.0 Å². The van der Waals surface area contributed by atoms with Crippen molar-refractivity contribution in [1.29, 1.82) is 0 Å². The van der Waals surface area contributed by atoms with E-state index in [4.69, 9.17) is 0 Å². The van der Waals surface area contributed by atoms with E-state index >= 15 is 0 Å². The minimum absolute atomic E-state index is 0.265. The molecule has 0 fully saturated rings. The van der Waals surface area contributed by atoms with Crippen molar-refractivity contribution >= 4 is 22.9 Å². The number of anilines is 1. The Morgan fingerprint density at radius 1 is 1.20 bits per heavy atom. The van der Waals surface area contributed by atoms with Crippen LogP contribution in [0.2, 0.25) is 0 Å². The molecule has 1 aromatic carbocycles. The predicted molar refractivity (Wildman–Crippen MR) is 101 cm³/mol. The first kappa shape index (κ1) is 17.1. The Balaban J connectivity index is 1.87. The molecule has 0 aliphatic rings. The number of aryl methyl sites for hydroxylation is 1. The molecule has 0 bridgehead atoms. The molecule has 1 unspecified atom stereocenters. The quantitative estimate of drug-likeness (QED) is 0.760. The summed E-state index contributed by atoms with van der Waals surface area (Å²) in [7, 11) is 0. The second-order valence-corrected chi connectivity index (χ2v) is 6.60. The lowest BCUT2D eigenvalue weighted by Gasteiger charge is -2.16. The summed E-state index contributed by atoms with van der Waals surface area (Å²) >= 11 is 1.54. The third-order valence-electron chi connectivity index (χ3n) is 4.00.